The molecule has 1 aromatic heterocycles. The highest BCUT2D eigenvalue weighted by Gasteiger charge is 2.24. The van der Waals surface area contributed by atoms with E-state index in [0.717, 1.165) is 0 Å². The number of aromatic nitrogens is 2. The second kappa shape index (κ2) is 22.8. The predicted molar refractivity (Wildman–Crippen MR) is 217 cm³/mol. The zero-order chi connectivity index (χ0) is 42.1. The fourth-order valence-corrected chi connectivity index (χ4v) is 6.07. The maximum atomic E-state index is 13.7. The number of amides is 2. The van der Waals surface area contributed by atoms with E-state index < -0.39 is 34.2 Å². The third-order valence-corrected chi connectivity index (χ3v) is 8.80. The second-order valence-corrected chi connectivity index (χ2v) is 15.8. The van der Waals surface area contributed by atoms with Crippen LogP contribution in [0.15, 0.2) is 71.6 Å². The summed E-state index contributed by atoms with van der Waals surface area (Å²) in [6, 6.07) is 6.85. The number of nitrogen functional groups attached to an aromatic ring is 1. The molecular weight excluding hydrogens is 741 g/mol. The lowest BCUT2D eigenvalue weighted by molar-refractivity contribution is -0.154. The van der Waals surface area contributed by atoms with Crippen molar-refractivity contribution in [3.8, 4) is 11.3 Å². The maximum Gasteiger partial charge on any atom is 0.410 e. The first kappa shape index (κ1) is 47.5. The fourth-order valence-electron chi connectivity index (χ4n) is 4.87. The van der Waals surface area contributed by atoms with Gasteiger partial charge in [-0.15, -0.1) is 0 Å². The summed E-state index contributed by atoms with van der Waals surface area (Å²) in [6.45, 7) is 24.3. The van der Waals surface area contributed by atoms with Gasteiger partial charge in [-0.3, -0.25) is 9.59 Å². The highest BCUT2D eigenvalue weighted by atomic mass is 32.2. The molecule has 0 radical (unpaired) electrons. The molecule has 2 aliphatic heterocycles. The third kappa shape index (κ3) is 16.2. The van der Waals surface area contributed by atoms with Gasteiger partial charge in [-0.1, -0.05) is 39.1 Å². The summed E-state index contributed by atoms with van der Waals surface area (Å²) >= 11 is 0. The topological polar surface area (TPSA) is 185 Å². The van der Waals surface area contributed by atoms with Crippen LogP contribution >= 0.6 is 0 Å². The molecule has 1 unspecified atom stereocenters. The normalized spacial score (nSPS) is 17.7. The van der Waals surface area contributed by atoms with Gasteiger partial charge in [-0.25, -0.2) is 23.3 Å². The molecule has 1 aromatic carbocycles. The number of esters is 1. The Morgan fingerprint density at radius 1 is 1.02 bits per heavy atom. The molecule has 56 heavy (non-hydrogen) atoms. The molecule has 1 atom stereocenters. The molecular formula is C40H60N6O9S. The zero-order valence-electron chi connectivity index (χ0n) is 34.4. The lowest BCUT2D eigenvalue weighted by atomic mass is 10.1. The van der Waals surface area contributed by atoms with Crippen molar-refractivity contribution in [2.45, 2.75) is 84.3 Å². The third-order valence-electron chi connectivity index (χ3n) is 7.29. The molecule has 3 heterocycles. The molecule has 0 fully saturated rings. The van der Waals surface area contributed by atoms with Crippen molar-refractivity contribution in [3.63, 3.8) is 0 Å². The van der Waals surface area contributed by atoms with Crippen molar-refractivity contribution in [1.82, 2.24) is 24.5 Å². The minimum atomic E-state index is -1.58. The Labute approximate surface area is 334 Å². The van der Waals surface area contributed by atoms with E-state index in [1.807, 2.05) is 34.6 Å². The standard InChI is InChI=1S/C38H54N6O9S.C2H6/c1-10-29-33(26(2)25-43(9)36(47)53-38(6,7)8)51-23-22-50-21-20-49-19-18-44(17-11-12-31(45)52-37(3,4)5)54(48)28-15-13-27(14-16-28)30-24-40-34(39)32(41-30)35(46)42-29;1-2/h10,13-16,24H,1-2,11-12,17-23,25H2,3-9H3,(H2,39,40)(H,42,46);1-2H3/b33-29-;. The summed E-state index contributed by atoms with van der Waals surface area (Å²) in [5.41, 5.74) is 6.10. The van der Waals surface area contributed by atoms with Crippen LogP contribution in [0.3, 0.4) is 0 Å². The largest absolute Gasteiger partial charge is 0.489 e. The van der Waals surface area contributed by atoms with Crippen molar-refractivity contribution < 1.29 is 42.3 Å². The number of benzene rings is 1. The number of nitrogens with one attached hydrogen (secondary N) is 1. The number of allylic oxidation sites excluding steroid dienone is 1. The number of ether oxygens (including phenoxy) is 5. The number of nitrogens with zero attached hydrogens (tertiary/aromatic N) is 4. The van der Waals surface area contributed by atoms with E-state index in [9.17, 15) is 18.6 Å². The molecule has 2 aromatic rings. The zero-order valence-corrected chi connectivity index (χ0v) is 35.2. The summed E-state index contributed by atoms with van der Waals surface area (Å²) < 4.78 is 43.9. The fraction of sp³-hybridized carbons (Fsp3) is 0.525. The van der Waals surface area contributed by atoms with Crippen LogP contribution in [-0.2, 0) is 39.5 Å². The number of anilines is 1. The Morgan fingerprint density at radius 2 is 1.62 bits per heavy atom. The highest BCUT2D eigenvalue weighted by molar-refractivity contribution is 7.82. The minimum Gasteiger partial charge on any atom is -0.489 e. The number of carbonyl (C=O) groups is 3. The van der Waals surface area contributed by atoms with Gasteiger partial charge in [0.25, 0.3) is 5.91 Å². The second-order valence-electron chi connectivity index (χ2n) is 14.3. The van der Waals surface area contributed by atoms with Crippen molar-refractivity contribution in [2.24, 2.45) is 0 Å². The van der Waals surface area contributed by atoms with E-state index in [1.54, 1.807) is 56.4 Å². The smallest absolute Gasteiger partial charge is 0.410 e. The lowest BCUT2D eigenvalue weighted by Gasteiger charge is -2.26. The van der Waals surface area contributed by atoms with Gasteiger partial charge in [0, 0.05) is 37.7 Å². The van der Waals surface area contributed by atoms with Crippen LogP contribution in [0.25, 0.3) is 11.3 Å². The van der Waals surface area contributed by atoms with E-state index >= 15 is 0 Å². The van der Waals surface area contributed by atoms with Crippen molar-refractivity contribution >= 4 is 34.8 Å². The molecule has 0 saturated carbocycles. The first-order chi connectivity index (χ1) is 26.4. The number of rotatable bonds is 8. The van der Waals surface area contributed by atoms with E-state index in [0.29, 0.717) is 41.2 Å². The molecule has 0 saturated heterocycles. The molecule has 0 spiro atoms. The molecule has 2 aliphatic rings. The monoisotopic (exact) mass is 800 g/mol. The first-order valence-electron chi connectivity index (χ1n) is 18.6. The van der Waals surface area contributed by atoms with Gasteiger partial charge >= 0.3 is 12.1 Å². The Kier molecular flexibility index (Phi) is 19.3. The van der Waals surface area contributed by atoms with E-state index in [4.69, 9.17) is 29.4 Å². The highest BCUT2D eigenvalue weighted by Crippen LogP contribution is 2.23. The molecule has 4 bridgehead atoms. The van der Waals surface area contributed by atoms with Crippen molar-refractivity contribution in [2.75, 3.05) is 65.5 Å². The van der Waals surface area contributed by atoms with Gasteiger partial charge in [-0.2, -0.15) is 0 Å². The number of fused-ring (bicyclic) bond motifs is 15. The summed E-state index contributed by atoms with van der Waals surface area (Å²) in [7, 11) is -0.0252. The quantitative estimate of drug-likeness (QED) is 0.242. The van der Waals surface area contributed by atoms with Crippen LogP contribution in [0, 0.1) is 0 Å². The Morgan fingerprint density at radius 3 is 2.23 bits per heavy atom. The number of nitrogens with two attached hydrogens (primary N) is 1. The number of hydrogen-bond donors (Lipinski definition) is 2. The van der Waals surface area contributed by atoms with Gasteiger partial charge < -0.3 is 39.6 Å². The van der Waals surface area contributed by atoms with Crippen LogP contribution in [0.5, 0.6) is 0 Å². The predicted octanol–water partition coefficient (Wildman–Crippen LogP) is 5.81. The Hall–Kier alpha value is -4.64. The Balaban J connectivity index is 0.00000532. The van der Waals surface area contributed by atoms with Gasteiger partial charge in [0.05, 0.1) is 55.5 Å². The summed E-state index contributed by atoms with van der Waals surface area (Å²) in [5.74, 6) is -0.973. The number of hydrogen-bond acceptors (Lipinski definition) is 12. The average Bonchev–Trinajstić information content (AvgIpc) is 3.13. The Bertz CT molecular complexity index is 1700. The van der Waals surface area contributed by atoms with E-state index in [-0.39, 0.29) is 74.9 Å². The molecule has 0 aliphatic carbocycles. The van der Waals surface area contributed by atoms with E-state index in [2.05, 4.69) is 28.4 Å². The van der Waals surface area contributed by atoms with E-state index in [1.165, 1.54) is 17.2 Å². The van der Waals surface area contributed by atoms with Crippen LogP contribution < -0.4 is 11.1 Å². The van der Waals surface area contributed by atoms with Crippen LogP contribution in [0.4, 0.5) is 10.6 Å². The molecule has 310 valence electrons. The van der Waals surface area contributed by atoms with Crippen molar-refractivity contribution in [3.05, 3.63) is 72.4 Å². The van der Waals surface area contributed by atoms with Gasteiger partial charge in [0.15, 0.2) is 11.5 Å². The number of likely N-dealkylation sites (N-methyl/N-ethyl adjacent to an activating group) is 1. The van der Waals surface area contributed by atoms with Crippen LogP contribution in [0.2, 0.25) is 0 Å². The molecule has 2 amide bonds. The molecule has 16 heteroatoms. The SMILES string of the molecule is C=C/C1=C(\C(=C)CN(C)C(=O)OC(C)(C)C)OCCOCCOCCN(CCCC(=O)OC(C)(C)C)S(=O)c2ccc(cc2)-c2cnc(N)c(n2)C(=O)N1.CC. The molecule has 3 N–H and O–H groups in total. The number of carbonyl (C=O) groups excluding carboxylic acids is 3. The maximum absolute atomic E-state index is 13.7. The average molecular weight is 801 g/mol. The summed E-state index contributed by atoms with van der Waals surface area (Å²) in [5, 5.41) is 2.75. The molecule has 4 rings (SSSR count). The first-order valence-corrected chi connectivity index (χ1v) is 19.7. The summed E-state index contributed by atoms with van der Waals surface area (Å²) in [6.07, 6.45) is 2.85. The van der Waals surface area contributed by atoms with Crippen molar-refractivity contribution in [1.29, 1.82) is 0 Å². The van der Waals surface area contributed by atoms with Gasteiger partial charge in [0.1, 0.15) is 34.6 Å². The summed E-state index contributed by atoms with van der Waals surface area (Å²) in [4.78, 5) is 49.2. The van der Waals surface area contributed by atoms with Gasteiger partial charge in [-0.05, 0) is 66.2 Å². The van der Waals surface area contributed by atoms with Crippen LogP contribution in [0.1, 0.15) is 78.7 Å². The lowest BCUT2D eigenvalue weighted by Crippen LogP contribution is -2.36. The minimum absolute atomic E-state index is 0.00237. The van der Waals surface area contributed by atoms with Crippen LogP contribution in [-0.4, -0.2) is 112 Å². The molecule has 15 nitrogen and oxygen atoms in total. The van der Waals surface area contributed by atoms with Gasteiger partial charge in [0.2, 0.25) is 0 Å².